The summed E-state index contributed by atoms with van der Waals surface area (Å²) < 4.78 is 11.1. The van der Waals surface area contributed by atoms with E-state index >= 15 is 0 Å². The molecule has 0 atom stereocenters. The highest BCUT2D eigenvalue weighted by molar-refractivity contribution is 7.13. The van der Waals surface area contributed by atoms with Crippen LogP contribution in [0.1, 0.15) is 10.4 Å². The van der Waals surface area contributed by atoms with Crippen LogP contribution in [0, 0.1) is 0 Å². The van der Waals surface area contributed by atoms with Gasteiger partial charge in [-0.05, 0) is 18.2 Å². The number of primary amides is 1. The molecule has 29 heavy (non-hydrogen) atoms. The topological polar surface area (TPSA) is 77.7 Å². The summed E-state index contributed by atoms with van der Waals surface area (Å²) in [5.74, 6) is -0.110. The number of ether oxygens (including phenoxy) is 2. The van der Waals surface area contributed by atoms with Crippen LogP contribution in [0.15, 0.2) is 41.8 Å². The number of carbonyl (C=O) groups is 1. The maximum Gasteiger partial charge on any atom is 0.252 e. The molecule has 0 spiro atoms. The third-order valence-electron chi connectivity index (χ3n) is 4.82. The molecule has 8 heteroatoms. The van der Waals surface area contributed by atoms with E-state index in [1.54, 1.807) is 6.07 Å². The molecule has 6 nitrogen and oxygen atoms in total. The number of nitrogens with zero attached hydrogens (tertiary/aromatic N) is 2. The first-order valence-electron chi connectivity index (χ1n) is 9.14. The van der Waals surface area contributed by atoms with Gasteiger partial charge in [0.1, 0.15) is 10.8 Å². The van der Waals surface area contributed by atoms with Crippen LogP contribution in [0.5, 0.6) is 5.75 Å². The summed E-state index contributed by atoms with van der Waals surface area (Å²) in [4.78, 5) is 19.0. The fourth-order valence-corrected chi connectivity index (χ4v) is 4.54. The largest absolute Gasteiger partial charge is 0.495 e. The molecule has 1 fully saturated rings. The third kappa shape index (κ3) is 3.81. The molecule has 1 aromatic heterocycles. The number of hydrogen-bond donors (Lipinski definition) is 1. The maximum atomic E-state index is 12.0. The van der Waals surface area contributed by atoms with E-state index in [0.717, 1.165) is 40.6 Å². The zero-order valence-electron chi connectivity index (χ0n) is 15.9. The molecule has 1 aliphatic rings. The monoisotopic (exact) mass is 429 g/mol. The number of nitrogens with two attached hydrogens (primary N) is 1. The predicted octanol–water partition coefficient (Wildman–Crippen LogP) is 4.07. The normalized spacial score (nSPS) is 14.1. The predicted molar refractivity (Wildman–Crippen MR) is 116 cm³/mol. The molecular formula is C21H20ClN3O3S. The second-order valence-corrected chi connectivity index (χ2v) is 7.79. The standard InChI is InChI=1S/C21H20ClN3O3S/c1-27-19-14(20(23)26)6-7-17(25-8-10-28-11-9-25)18(19)21-24-16(12-29-21)13-4-2-3-5-15(13)22/h2-7,12H,8-11H2,1H3,(H2,23,26). The SMILES string of the molecule is COc1c(C(N)=O)ccc(N2CCOCC2)c1-c1nc(-c2ccccc2Cl)cs1. The van der Waals surface area contributed by atoms with Crippen molar-refractivity contribution in [1.29, 1.82) is 0 Å². The Balaban J connectivity index is 1.88. The molecular weight excluding hydrogens is 410 g/mol. The number of anilines is 1. The molecule has 1 aliphatic heterocycles. The van der Waals surface area contributed by atoms with E-state index in [1.165, 1.54) is 18.4 Å². The fourth-order valence-electron chi connectivity index (χ4n) is 3.43. The lowest BCUT2D eigenvalue weighted by Crippen LogP contribution is -2.36. The number of morpholine rings is 1. The number of hydrogen-bond acceptors (Lipinski definition) is 6. The van der Waals surface area contributed by atoms with Gasteiger partial charge in [-0.2, -0.15) is 0 Å². The van der Waals surface area contributed by atoms with Gasteiger partial charge < -0.3 is 20.1 Å². The Kier molecular flexibility index (Phi) is 5.71. The third-order valence-corrected chi connectivity index (χ3v) is 6.01. The molecule has 0 aliphatic carbocycles. The average Bonchev–Trinajstić information content (AvgIpc) is 3.23. The van der Waals surface area contributed by atoms with Gasteiger partial charge in [0.15, 0.2) is 0 Å². The van der Waals surface area contributed by atoms with Gasteiger partial charge >= 0.3 is 0 Å². The van der Waals surface area contributed by atoms with Crippen molar-refractivity contribution in [2.24, 2.45) is 5.73 Å². The highest BCUT2D eigenvalue weighted by Gasteiger charge is 2.25. The first-order valence-corrected chi connectivity index (χ1v) is 10.4. The lowest BCUT2D eigenvalue weighted by atomic mass is 10.0. The van der Waals surface area contributed by atoms with E-state index in [0.29, 0.717) is 29.5 Å². The number of rotatable bonds is 5. The minimum atomic E-state index is -0.542. The van der Waals surface area contributed by atoms with E-state index in [2.05, 4.69) is 4.90 Å². The Labute approximate surface area is 177 Å². The Morgan fingerprint density at radius 1 is 1.24 bits per heavy atom. The number of aromatic nitrogens is 1. The van der Waals surface area contributed by atoms with Crippen LogP contribution in [0.3, 0.4) is 0 Å². The highest BCUT2D eigenvalue weighted by atomic mass is 35.5. The summed E-state index contributed by atoms with van der Waals surface area (Å²) in [6.45, 7) is 2.77. The second kappa shape index (κ2) is 8.41. The van der Waals surface area contributed by atoms with Crippen LogP contribution < -0.4 is 15.4 Å². The highest BCUT2D eigenvalue weighted by Crippen LogP contribution is 2.44. The number of amides is 1. The van der Waals surface area contributed by atoms with Gasteiger partial charge in [-0.1, -0.05) is 29.8 Å². The summed E-state index contributed by atoms with van der Waals surface area (Å²) >= 11 is 7.82. The smallest absolute Gasteiger partial charge is 0.252 e. The molecule has 2 heterocycles. The van der Waals surface area contributed by atoms with Crippen molar-refractivity contribution in [3.63, 3.8) is 0 Å². The Hall–Kier alpha value is -2.61. The van der Waals surface area contributed by atoms with Crippen LogP contribution in [-0.4, -0.2) is 44.3 Å². The van der Waals surface area contributed by atoms with Crippen molar-refractivity contribution in [2.45, 2.75) is 0 Å². The van der Waals surface area contributed by atoms with Gasteiger partial charge in [-0.3, -0.25) is 4.79 Å². The molecule has 3 aromatic rings. The lowest BCUT2D eigenvalue weighted by Gasteiger charge is -2.31. The first kappa shape index (κ1) is 19.7. The van der Waals surface area contributed by atoms with Crippen LogP contribution in [0.25, 0.3) is 21.8 Å². The quantitative estimate of drug-likeness (QED) is 0.661. The first-order chi connectivity index (χ1) is 14.1. The summed E-state index contributed by atoms with van der Waals surface area (Å²) in [6, 6.07) is 11.2. The van der Waals surface area contributed by atoms with Crippen LogP contribution >= 0.6 is 22.9 Å². The molecule has 4 rings (SSSR count). The number of benzene rings is 2. The van der Waals surface area contributed by atoms with Crippen molar-refractivity contribution in [2.75, 3.05) is 38.3 Å². The zero-order chi connectivity index (χ0) is 20.4. The number of halogens is 1. The van der Waals surface area contributed by atoms with Gasteiger partial charge in [-0.15, -0.1) is 11.3 Å². The molecule has 0 saturated carbocycles. The molecule has 0 unspecified atom stereocenters. The van der Waals surface area contributed by atoms with Gasteiger partial charge in [0, 0.05) is 29.1 Å². The molecule has 0 radical (unpaired) electrons. The average molecular weight is 430 g/mol. The van der Waals surface area contributed by atoms with Crippen LogP contribution in [0.4, 0.5) is 5.69 Å². The molecule has 0 bridgehead atoms. The molecule has 1 saturated heterocycles. The van der Waals surface area contributed by atoms with Gasteiger partial charge in [0.2, 0.25) is 0 Å². The number of thiazole rings is 1. The van der Waals surface area contributed by atoms with Crippen LogP contribution in [-0.2, 0) is 4.74 Å². The molecule has 150 valence electrons. The minimum Gasteiger partial charge on any atom is -0.495 e. The second-order valence-electron chi connectivity index (χ2n) is 6.52. The number of carbonyl (C=O) groups excluding carboxylic acids is 1. The van der Waals surface area contributed by atoms with Crippen molar-refractivity contribution in [3.05, 3.63) is 52.4 Å². The van der Waals surface area contributed by atoms with Crippen molar-refractivity contribution < 1.29 is 14.3 Å². The van der Waals surface area contributed by atoms with Crippen molar-refractivity contribution in [3.8, 4) is 27.6 Å². The summed E-state index contributed by atoms with van der Waals surface area (Å²) in [5.41, 5.74) is 9.25. The van der Waals surface area contributed by atoms with E-state index in [4.69, 9.17) is 31.8 Å². The van der Waals surface area contributed by atoms with Crippen molar-refractivity contribution in [1.82, 2.24) is 4.98 Å². The van der Waals surface area contributed by atoms with E-state index in [1.807, 2.05) is 35.7 Å². The summed E-state index contributed by atoms with van der Waals surface area (Å²) in [7, 11) is 1.54. The van der Waals surface area contributed by atoms with Gasteiger partial charge in [0.25, 0.3) is 5.91 Å². The van der Waals surface area contributed by atoms with Crippen molar-refractivity contribution >= 4 is 34.5 Å². The van der Waals surface area contributed by atoms with Gasteiger partial charge in [-0.25, -0.2) is 4.98 Å². The molecule has 2 aromatic carbocycles. The Morgan fingerprint density at radius 3 is 2.69 bits per heavy atom. The Morgan fingerprint density at radius 2 is 2.00 bits per heavy atom. The van der Waals surface area contributed by atoms with E-state index in [-0.39, 0.29) is 0 Å². The number of methoxy groups -OCH3 is 1. The molecule has 2 N–H and O–H groups in total. The summed E-state index contributed by atoms with van der Waals surface area (Å²) in [6.07, 6.45) is 0. The maximum absolute atomic E-state index is 12.0. The molecule has 1 amide bonds. The summed E-state index contributed by atoms with van der Waals surface area (Å²) in [5, 5.41) is 3.33. The van der Waals surface area contributed by atoms with E-state index in [9.17, 15) is 4.79 Å². The fraction of sp³-hybridized carbons (Fsp3) is 0.238. The minimum absolute atomic E-state index is 0.328. The Bertz CT molecular complexity index is 1050. The van der Waals surface area contributed by atoms with E-state index < -0.39 is 5.91 Å². The zero-order valence-corrected chi connectivity index (χ0v) is 17.4. The van der Waals surface area contributed by atoms with Crippen LogP contribution in [0.2, 0.25) is 5.02 Å². The lowest BCUT2D eigenvalue weighted by molar-refractivity contribution is 0.0997. The van der Waals surface area contributed by atoms with Gasteiger partial charge in [0.05, 0.1) is 42.8 Å².